The predicted octanol–water partition coefficient (Wildman–Crippen LogP) is 6.51. The number of hydrogen-bond donors (Lipinski definition) is 0. The van der Waals surface area contributed by atoms with E-state index in [1.54, 1.807) is 38.1 Å². The molecule has 0 aliphatic carbocycles. The molecular weight excluding hydrogens is 416 g/mol. The van der Waals surface area contributed by atoms with Crippen LogP contribution in [0.2, 0.25) is 0 Å². The van der Waals surface area contributed by atoms with Gasteiger partial charge in [0.2, 0.25) is 0 Å². The third-order valence-corrected chi connectivity index (χ3v) is 4.67. The molecule has 0 aromatic heterocycles. The Balaban J connectivity index is 1.80. The molecule has 0 fully saturated rings. The van der Waals surface area contributed by atoms with E-state index < -0.39 is 11.9 Å². The summed E-state index contributed by atoms with van der Waals surface area (Å²) in [6.45, 7) is 13.9. The van der Waals surface area contributed by atoms with E-state index in [0.717, 1.165) is 22.3 Å². The van der Waals surface area contributed by atoms with Crippen LogP contribution in [0.25, 0.3) is 22.3 Å². The molecule has 0 aliphatic rings. The monoisotopic (exact) mass is 440 g/mol. The predicted molar refractivity (Wildman–Crippen MR) is 129 cm³/mol. The van der Waals surface area contributed by atoms with Crippen molar-refractivity contribution in [2.24, 2.45) is 0 Å². The maximum absolute atomic E-state index is 11.9. The quantitative estimate of drug-likeness (QED) is 0.173. The zero-order chi connectivity index (χ0) is 24.0. The van der Waals surface area contributed by atoms with Gasteiger partial charge in [-0.2, -0.15) is 0 Å². The first-order chi connectivity index (χ1) is 15.8. The van der Waals surface area contributed by atoms with Gasteiger partial charge in [-0.1, -0.05) is 62.2 Å². The molecule has 33 heavy (non-hydrogen) atoms. The van der Waals surface area contributed by atoms with E-state index in [0.29, 0.717) is 22.6 Å². The van der Waals surface area contributed by atoms with Gasteiger partial charge in [0.1, 0.15) is 5.75 Å². The van der Waals surface area contributed by atoms with Gasteiger partial charge in [0, 0.05) is 11.1 Å². The Morgan fingerprint density at radius 2 is 1.12 bits per heavy atom. The lowest BCUT2D eigenvalue weighted by atomic mass is 10.00. The van der Waals surface area contributed by atoms with Gasteiger partial charge in [-0.15, -0.1) is 0 Å². The highest BCUT2D eigenvalue weighted by molar-refractivity contribution is 5.89. The molecule has 0 spiro atoms. The van der Waals surface area contributed by atoms with Crippen LogP contribution in [0.15, 0.2) is 104 Å². The second-order valence-electron chi connectivity index (χ2n) is 7.39. The number of hydrogen-bond acceptors (Lipinski definition) is 5. The minimum atomic E-state index is -0.526. The van der Waals surface area contributed by atoms with Gasteiger partial charge >= 0.3 is 11.9 Å². The lowest BCUT2D eigenvalue weighted by Gasteiger charge is -2.12. The van der Waals surface area contributed by atoms with Crippen LogP contribution in [0.4, 0.5) is 0 Å². The Bertz CT molecular complexity index is 1220. The SMILES string of the molecule is C=COc1cc(-c2ccc(-c3ccc(OC(=O)C(=C)C)cc3)cc2)ccc1OC(=O)C(=C)C. The fourth-order valence-electron chi connectivity index (χ4n) is 2.91. The van der Waals surface area contributed by atoms with Gasteiger partial charge in [0.15, 0.2) is 11.5 Å². The Morgan fingerprint density at radius 3 is 1.64 bits per heavy atom. The number of carbonyl (C=O) groups is 2. The van der Waals surface area contributed by atoms with Crippen LogP contribution < -0.4 is 14.2 Å². The van der Waals surface area contributed by atoms with Crippen molar-refractivity contribution >= 4 is 11.9 Å². The Kier molecular flexibility index (Phi) is 7.26. The molecule has 0 saturated carbocycles. The lowest BCUT2D eigenvalue weighted by molar-refractivity contribution is -0.131. The third kappa shape index (κ3) is 5.86. The van der Waals surface area contributed by atoms with E-state index in [1.165, 1.54) is 6.26 Å². The number of ether oxygens (including phenoxy) is 3. The molecule has 0 saturated heterocycles. The molecule has 0 atom stereocenters. The molecule has 5 nitrogen and oxygen atoms in total. The minimum absolute atomic E-state index is 0.288. The van der Waals surface area contributed by atoms with Crippen molar-refractivity contribution in [2.45, 2.75) is 13.8 Å². The van der Waals surface area contributed by atoms with Crippen LogP contribution in [-0.4, -0.2) is 11.9 Å². The first kappa shape index (κ1) is 23.3. The van der Waals surface area contributed by atoms with E-state index in [-0.39, 0.29) is 5.75 Å². The van der Waals surface area contributed by atoms with E-state index in [4.69, 9.17) is 14.2 Å². The summed E-state index contributed by atoms with van der Waals surface area (Å²) in [7, 11) is 0. The highest BCUT2D eigenvalue weighted by atomic mass is 16.6. The molecule has 0 radical (unpaired) electrons. The van der Waals surface area contributed by atoms with Crippen molar-refractivity contribution in [2.75, 3.05) is 0 Å². The molecular formula is C28H24O5. The molecule has 0 bridgehead atoms. The second-order valence-corrected chi connectivity index (χ2v) is 7.39. The summed E-state index contributed by atoms with van der Waals surface area (Å²) in [6.07, 6.45) is 1.28. The Labute approximate surface area is 193 Å². The third-order valence-electron chi connectivity index (χ3n) is 4.67. The van der Waals surface area contributed by atoms with E-state index in [2.05, 4.69) is 19.7 Å². The highest BCUT2D eigenvalue weighted by Crippen LogP contribution is 2.34. The van der Waals surface area contributed by atoms with E-state index in [9.17, 15) is 9.59 Å². The molecule has 3 rings (SSSR count). The minimum Gasteiger partial charge on any atom is -0.462 e. The Hall–Kier alpha value is -4.38. The van der Waals surface area contributed by atoms with Crippen molar-refractivity contribution in [3.8, 4) is 39.5 Å². The molecule has 166 valence electrons. The molecule has 0 heterocycles. The first-order valence-corrected chi connectivity index (χ1v) is 10.2. The van der Waals surface area contributed by atoms with Crippen LogP contribution in [0, 0.1) is 0 Å². The van der Waals surface area contributed by atoms with E-state index >= 15 is 0 Å². The molecule has 0 N–H and O–H groups in total. The van der Waals surface area contributed by atoms with Crippen LogP contribution >= 0.6 is 0 Å². The molecule has 0 aliphatic heterocycles. The zero-order valence-electron chi connectivity index (χ0n) is 18.6. The highest BCUT2D eigenvalue weighted by Gasteiger charge is 2.13. The summed E-state index contributed by atoms with van der Waals surface area (Å²) in [4.78, 5) is 23.5. The van der Waals surface area contributed by atoms with Crippen molar-refractivity contribution in [1.82, 2.24) is 0 Å². The standard InChI is InChI=1S/C28H24O5/c1-6-31-26-17-23(13-16-25(26)33-28(30)19(4)5)22-9-7-20(8-10-22)21-11-14-24(15-12-21)32-27(29)18(2)3/h6-17H,1-2,4H2,3,5H3. The van der Waals surface area contributed by atoms with Gasteiger partial charge in [0.05, 0.1) is 6.26 Å². The fourth-order valence-corrected chi connectivity index (χ4v) is 2.91. The van der Waals surface area contributed by atoms with Crippen molar-refractivity contribution in [3.63, 3.8) is 0 Å². The number of carbonyl (C=O) groups excluding carboxylic acids is 2. The van der Waals surface area contributed by atoms with Crippen molar-refractivity contribution < 1.29 is 23.8 Å². The van der Waals surface area contributed by atoms with Crippen LogP contribution in [0.3, 0.4) is 0 Å². The average molecular weight is 440 g/mol. The molecule has 3 aromatic carbocycles. The zero-order valence-corrected chi connectivity index (χ0v) is 18.6. The molecule has 3 aromatic rings. The molecule has 0 unspecified atom stereocenters. The summed E-state index contributed by atoms with van der Waals surface area (Å²) < 4.78 is 16.0. The van der Waals surface area contributed by atoms with Crippen LogP contribution in [0.1, 0.15) is 13.8 Å². The van der Waals surface area contributed by atoms with Crippen LogP contribution in [0.5, 0.6) is 17.2 Å². The number of benzene rings is 3. The normalized spacial score (nSPS) is 10.1. The maximum Gasteiger partial charge on any atom is 0.338 e. The summed E-state index contributed by atoms with van der Waals surface area (Å²) in [5, 5.41) is 0. The summed E-state index contributed by atoms with van der Waals surface area (Å²) in [5.74, 6) is 0.149. The molecule has 0 amide bonds. The smallest absolute Gasteiger partial charge is 0.338 e. The van der Waals surface area contributed by atoms with Gasteiger partial charge < -0.3 is 14.2 Å². The van der Waals surface area contributed by atoms with Crippen LogP contribution in [-0.2, 0) is 9.59 Å². The van der Waals surface area contributed by atoms with Crippen molar-refractivity contribution in [1.29, 1.82) is 0 Å². The van der Waals surface area contributed by atoms with Gasteiger partial charge in [-0.3, -0.25) is 0 Å². The fraction of sp³-hybridized carbons (Fsp3) is 0.0714. The topological polar surface area (TPSA) is 61.8 Å². The summed E-state index contributed by atoms with van der Waals surface area (Å²) in [5.41, 5.74) is 4.47. The van der Waals surface area contributed by atoms with Gasteiger partial charge in [-0.05, 0) is 60.4 Å². The van der Waals surface area contributed by atoms with Gasteiger partial charge in [-0.25, -0.2) is 9.59 Å². The first-order valence-electron chi connectivity index (χ1n) is 10.2. The van der Waals surface area contributed by atoms with Gasteiger partial charge in [0.25, 0.3) is 0 Å². The number of rotatable bonds is 8. The largest absolute Gasteiger partial charge is 0.462 e. The maximum atomic E-state index is 11.9. The number of esters is 2. The summed E-state index contributed by atoms with van der Waals surface area (Å²) in [6, 6.07) is 20.5. The lowest BCUT2D eigenvalue weighted by Crippen LogP contribution is -2.08. The summed E-state index contributed by atoms with van der Waals surface area (Å²) >= 11 is 0. The second kappa shape index (κ2) is 10.3. The van der Waals surface area contributed by atoms with Crippen molar-refractivity contribution in [3.05, 3.63) is 104 Å². The molecule has 5 heteroatoms. The van der Waals surface area contributed by atoms with E-state index in [1.807, 2.05) is 42.5 Å². The average Bonchev–Trinajstić information content (AvgIpc) is 2.81. The Morgan fingerprint density at radius 1 is 0.667 bits per heavy atom.